The average molecular weight is 420 g/mol. The molecule has 1 aliphatic rings. The number of nitrogens with zero attached hydrogens (tertiary/aromatic N) is 5. The summed E-state index contributed by atoms with van der Waals surface area (Å²) in [5.41, 5.74) is 3.55. The first-order valence-electron chi connectivity index (χ1n) is 10.8. The topological polar surface area (TPSA) is 77.1 Å². The zero-order valence-electron chi connectivity index (χ0n) is 17.7. The van der Waals surface area contributed by atoms with Crippen LogP contribution < -0.4 is 5.32 Å². The lowest BCUT2D eigenvalue weighted by Crippen LogP contribution is -2.05. The van der Waals surface area contributed by atoms with E-state index in [1.807, 2.05) is 25.2 Å². The van der Waals surface area contributed by atoms with Gasteiger partial charge in [-0.25, -0.2) is 14.4 Å². The van der Waals surface area contributed by atoms with Crippen LogP contribution in [0.3, 0.4) is 0 Å². The van der Waals surface area contributed by atoms with E-state index >= 15 is 0 Å². The summed E-state index contributed by atoms with van der Waals surface area (Å²) in [6.45, 7) is 3.05. The minimum Gasteiger partial charge on any atom is -0.373 e. The van der Waals surface area contributed by atoms with Crippen molar-refractivity contribution in [1.29, 1.82) is 0 Å². The molecular weight excluding hydrogens is 395 g/mol. The second-order valence-electron chi connectivity index (χ2n) is 8.17. The molecule has 1 fully saturated rings. The molecule has 4 aromatic heterocycles. The van der Waals surface area contributed by atoms with Crippen molar-refractivity contribution in [3.63, 3.8) is 0 Å². The number of carbonyl (C=O) groups excluding carboxylic acids is 1. The number of aryl methyl sites for hydroxylation is 1. The summed E-state index contributed by atoms with van der Waals surface area (Å²) in [7, 11) is 1.81. The fourth-order valence-corrected chi connectivity index (χ4v) is 4.07. The third-order valence-corrected chi connectivity index (χ3v) is 5.97. The molecule has 1 N–H and O–H groups in total. The van der Waals surface area contributed by atoms with Crippen molar-refractivity contribution in [1.82, 2.24) is 24.1 Å². The Morgan fingerprint density at radius 3 is 2.94 bits per heavy atom. The van der Waals surface area contributed by atoms with Gasteiger partial charge in [0.25, 0.3) is 0 Å². The van der Waals surface area contributed by atoms with E-state index < -0.39 is 6.17 Å². The minimum atomic E-state index is -0.857. The van der Waals surface area contributed by atoms with Gasteiger partial charge in [0.15, 0.2) is 11.4 Å². The Morgan fingerprint density at radius 2 is 2.19 bits per heavy atom. The molecule has 0 amide bonds. The molecule has 2 atom stereocenters. The molecule has 5 rings (SSSR count). The van der Waals surface area contributed by atoms with Crippen LogP contribution in [0, 0.1) is 5.92 Å². The summed E-state index contributed by atoms with van der Waals surface area (Å²) >= 11 is 0. The van der Waals surface area contributed by atoms with Crippen LogP contribution in [0.1, 0.15) is 43.0 Å². The summed E-state index contributed by atoms with van der Waals surface area (Å²) in [6, 6.07) is 5.89. The molecule has 0 radical (unpaired) electrons. The van der Waals surface area contributed by atoms with Crippen LogP contribution in [-0.2, 0) is 6.54 Å². The van der Waals surface area contributed by atoms with Gasteiger partial charge >= 0.3 is 0 Å². The highest BCUT2D eigenvalue weighted by Crippen LogP contribution is 2.38. The van der Waals surface area contributed by atoms with E-state index in [4.69, 9.17) is 4.98 Å². The van der Waals surface area contributed by atoms with Gasteiger partial charge in [-0.3, -0.25) is 4.79 Å². The normalized spacial score (nSPS) is 18.0. The van der Waals surface area contributed by atoms with E-state index in [1.165, 1.54) is 6.20 Å². The molecule has 4 heterocycles. The SMILES string of the molecule is CCCCn1cc(-c2cc(NC)n3ncc(C(=O)C[C@@H]4C[C@@H]4F)c3n2)c2cccnc21. The van der Waals surface area contributed by atoms with E-state index in [0.29, 0.717) is 17.6 Å². The summed E-state index contributed by atoms with van der Waals surface area (Å²) in [5, 5.41) is 8.52. The van der Waals surface area contributed by atoms with E-state index in [2.05, 4.69) is 33.1 Å². The van der Waals surface area contributed by atoms with Gasteiger partial charge in [-0.15, -0.1) is 0 Å². The number of rotatable bonds is 8. The highest BCUT2D eigenvalue weighted by molar-refractivity contribution is 6.02. The lowest BCUT2D eigenvalue weighted by Gasteiger charge is -2.08. The Morgan fingerprint density at radius 1 is 1.35 bits per heavy atom. The van der Waals surface area contributed by atoms with Gasteiger partial charge in [0.05, 0.1) is 17.5 Å². The number of anilines is 1. The van der Waals surface area contributed by atoms with Gasteiger partial charge in [0.1, 0.15) is 17.6 Å². The smallest absolute Gasteiger partial charge is 0.168 e. The molecule has 0 saturated heterocycles. The molecule has 7 nitrogen and oxygen atoms in total. The van der Waals surface area contributed by atoms with Crippen molar-refractivity contribution in [2.75, 3.05) is 12.4 Å². The number of carbonyl (C=O) groups is 1. The van der Waals surface area contributed by atoms with Crippen molar-refractivity contribution in [3.8, 4) is 11.3 Å². The Hall–Kier alpha value is -3.29. The number of hydrogen-bond donors (Lipinski definition) is 1. The summed E-state index contributed by atoms with van der Waals surface area (Å²) < 4.78 is 17.1. The molecule has 31 heavy (non-hydrogen) atoms. The Kier molecular flexibility index (Phi) is 4.92. The van der Waals surface area contributed by atoms with Crippen LogP contribution in [0.25, 0.3) is 27.9 Å². The first kappa shape index (κ1) is 19.7. The Bertz CT molecular complexity index is 1280. The van der Waals surface area contributed by atoms with Gasteiger partial charge in [0.2, 0.25) is 0 Å². The summed E-state index contributed by atoms with van der Waals surface area (Å²) in [6.07, 6.45) is 7.39. The predicted octanol–water partition coefficient (Wildman–Crippen LogP) is 4.52. The van der Waals surface area contributed by atoms with Gasteiger partial charge in [-0.1, -0.05) is 13.3 Å². The van der Waals surface area contributed by atoms with Crippen molar-refractivity contribution in [2.45, 2.75) is 45.3 Å². The highest BCUT2D eigenvalue weighted by Gasteiger charge is 2.39. The van der Waals surface area contributed by atoms with Crippen LogP contribution >= 0.6 is 0 Å². The quantitative estimate of drug-likeness (QED) is 0.424. The molecule has 4 aromatic rings. The zero-order valence-corrected chi connectivity index (χ0v) is 17.7. The standard InChI is InChI=1S/C23H25FN6O/c1-3-4-8-29-13-17(15-6-5-7-26-22(15)29)19-11-21(25-2)30-23(28-19)16(12-27-30)20(31)10-14-9-18(14)24/h5-7,11-14,18,25H,3-4,8-10H2,1-2H3/t14-,18-/m0/s1. The van der Waals surface area contributed by atoms with Crippen molar-refractivity contribution >= 4 is 28.3 Å². The van der Waals surface area contributed by atoms with Crippen LogP contribution in [0.2, 0.25) is 0 Å². The average Bonchev–Trinajstić information content (AvgIpc) is 3.17. The largest absolute Gasteiger partial charge is 0.373 e. The number of halogens is 1. The number of unbranched alkanes of at least 4 members (excludes halogenated alkanes) is 1. The summed E-state index contributed by atoms with van der Waals surface area (Å²) in [4.78, 5) is 22.2. The Balaban J connectivity index is 1.63. The number of fused-ring (bicyclic) bond motifs is 2. The molecule has 0 aromatic carbocycles. The number of hydrogen-bond acceptors (Lipinski definition) is 5. The van der Waals surface area contributed by atoms with Crippen molar-refractivity contribution in [2.24, 2.45) is 5.92 Å². The second-order valence-corrected chi connectivity index (χ2v) is 8.17. The second kappa shape index (κ2) is 7.76. The minimum absolute atomic E-state index is 0.112. The highest BCUT2D eigenvalue weighted by atomic mass is 19.1. The Labute approximate surface area is 179 Å². The monoisotopic (exact) mass is 420 g/mol. The lowest BCUT2D eigenvalue weighted by molar-refractivity contribution is 0.0974. The van der Waals surface area contributed by atoms with Gasteiger partial charge in [0, 0.05) is 55.3 Å². The van der Waals surface area contributed by atoms with E-state index in [1.54, 1.807) is 10.7 Å². The van der Waals surface area contributed by atoms with Crippen molar-refractivity contribution in [3.05, 3.63) is 42.4 Å². The van der Waals surface area contributed by atoms with Gasteiger partial charge in [-0.2, -0.15) is 9.61 Å². The van der Waals surface area contributed by atoms with E-state index in [-0.39, 0.29) is 18.1 Å². The zero-order chi connectivity index (χ0) is 21.5. The lowest BCUT2D eigenvalue weighted by atomic mass is 10.1. The molecule has 0 spiro atoms. The fraction of sp³-hybridized carbons (Fsp3) is 0.391. The molecule has 1 aliphatic carbocycles. The van der Waals surface area contributed by atoms with Gasteiger partial charge in [-0.05, 0) is 25.0 Å². The number of alkyl halides is 1. The third-order valence-electron chi connectivity index (χ3n) is 5.97. The predicted molar refractivity (Wildman–Crippen MR) is 118 cm³/mol. The van der Waals surface area contributed by atoms with Gasteiger partial charge < -0.3 is 9.88 Å². The molecule has 1 saturated carbocycles. The molecule has 8 heteroatoms. The maximum atomic E-state index is 13.3. The molecule has 0 bridgehead atoms. The maximum absolute atomic E-state index is 13.3. The maximum Gasteiger partial charge on any atom is 0.168 e. The van der Waals surface area contributed by atoms with Crippen LogP contribution in [0.15, 0.2) is 36.8 Å². The molecular formula is C23H25FN6O. The molecule has 0 aliphatic heterocycles. The third kappa shape index (κ3) is 3.45. The number of nitrogens with one attached hydrogen (secondary N) is 1. The van der Waals surface area contributed by atoms with Crippen molar-refractivity contribution < 1.29 is 9.18 Å². The number of aromatic nitrogens is 5. The van der Waals surface area contributed by atoms with Crippen LogP contribution in [0.4, 0.5) is 10.2 Å². The van der Waals surface area contributed by atoms with Crippen LogP contribution in [0.5, 0.6) is 0 Å². The van der Waals surface area contributed by atoms with E-state index in [0.717, 1.165) is 47.5 Å². The number of pyridine rings is 1. The van der Waals surface area contributed by atoms with Crippen LogP contribution in [-0.4, -0.2) is 43.2 Å². The first-order valence-corrected chi connectivity index (χ1v) is 10.8. The molecule has 0 unspecified atom stereocenters. The van der Waals surface area contributed by atoms with E-state index in [9.17, 15) is 9.18 Å². The fourth-order valence-electron chi connectivity index (χ4n) is 4.07. The molecule has 160 valence electrons. The number of Topliss-reactive ketones (excluding diaryl/α,β-unsaturated/α-hetero) is 1. The summed E-state index contributed by atoms with van der Waals surface area (Å²) in [5.74, 6) is 0.447. The number of ketones is 1. The first-order chi connectivity index (χ1) is 15.1.